The van der Waals surface area contributed by atoms with Gasteiger partial charge in [-0.15, -0.1) is 0 Å². The molecule has 0 radical (unpaired) electrons. The van der Waals surface area contributed by atoms with Gasteiger partial charge in [0, 0.05) is 5.02 Å². The van der Waals surface area contributed by atoms with E-state index in [4.69, 9.17) is 20.2 Å². The first-order valence-corrected chi connectivity index (χ1v) is 14.5. The fraction of sp³-hybridized carbons (Fsp3) is 0.280. The molecule has 7 heteroatoms. The molecule has 0 aliphatic carbocycles. The van der Waals surface area contributed by atoms with Crippen LogP contribution in [0.15, 0.2) is 78.9 Å². The molecular weight excluding hydrogens is 460 g/mol. The van der Waals surface area contributed by atoms with Gasteiger partial charge in [-0.3, -0.25) is 4.18 Å². The molecule has 0 heterocycles. The lowest BCUT2D eigenvalue weighted by Gasteiger charge is -2.43. The van der Waals surface area contributed by atoms with Gasteiger partial charge in [0.05, 0.1) is 19.5 Å². The zero-order valence-electron chi connectivity index (χ0n) is 18.8. The second kappa shape index (κ2) is 9.89. The summed E-state index contributed by atoms with van der Waals surface area (Å²) in [5.74, 6) is 0. The molecule has 0 saturated carbocycles. The van der Waals surface area contributed by atoms with Crippen LogP contribution in [0.3, 0.4) is 0 Å². The molecule has 0 N–H and O–H groups in total. The summed E-state index contributed by atoms with van der Waals surface area (Å²) in [6.45, 7) is 6.96. The lowest BCUT2D eigenvalue weighted by molar-refractivity contribution is 0.285. The van der Waals surface area contributed by atoms with E-state index >= 15 is 0 Å². The third-order valence-corrected chi connectivity index (χ3v) is 11.1. The fourth-order valence-electron chi connectivity index (χ4n) is 4.01. The van der Waals surface area contributed by atoms with E-state index in [-0.39, 0.29) is 11.6 Å². The summed E-state index contributed by atoms with van der Waals surface area (Å²) in [6.07, 6.45) is 1.03. The van der Waals surface area contributed by atoms with E-state index in [2.05, 4.69) is 69.3 Å². The Labute approximate surface area is 197 Å². The average Bonchev–Trinajstić information content (AvgIpc) is 2.72. The molecule has 0 atom stereocenters. The lowest BCUT2D eigenvalue weighted by atomic mass is 10.1. The molecule has 4 nitrogen and oxygen atoms in total. The van der Waals surface area contributed by atoms with Crippen molar-refractivity contribution < 1.29 is 17.0 Å². The van der Waals surface area contributed by atoms with E-state index < -0.39 is 18.4 Å². The Bertz CT molecular complexity index is 1100. The normalized spacial score (nSPS) is 12.7. The van der Waals surface area contributed by atoms with Gasteiger partial charge < -0.3 is 4.43 Å². The van der Waals surface area contributed by atoms with Gasteiger partial charge in [-0.05, 0) is 38.7 Å². The first-order chi connectivity index (χ1) is 15.0. The van der Waals surface area contributed by atoms with Crippen LogP contribution in [0.2, 0.25) is 10.1 Å². The van der Waals surface area contributed by atoms with Crippen molar-refractivity contribution in [2.75, 3.05) is 6.26 Å². The van der Waals surface area contributed by atoms with Crippen molar-refractivity contribution in [1.29, 1.82) is 0 Å². The van der Waals surface area contributed by atoms with Gasteiger partial charge in [0.1, 0.15) is 0 Å². The summed E-state index contributed by atoms with van der Waals surface area (Å²) >= 11 is 6.32. The van der Waals surface area contributed by atoms with Gasteiger partial charge in [0.15, 0.2) is 0 Å². The molecule has 3 rings (SSSR count). The minimum Gasteiger partial charge on any atom is -0.403 e. The van der Waals surface area contributed by atoms with Gasteiger partial charge in [-0.25, -0.2) is 0 Å². The Morgan fingerprint density at radius 3 is 1.72 bits per heavy atom. The molecule has 0 spiro atoms. The first-order valence-electron chi connectivity index (χ1n) is 10.4. The van der Waals surface area contributed by atoms with Crippen molar-refractivity contribution in [3.8, 4) is 0 Å². The molecule has 0 aliphatic rings. The quantitative estimate of drug-likeness (QED) is 0.334. The van der Waals surface area contributed by atoms with Crippen LogP contribution in [0.25, 0.3) is 0 Å². The summed E-state index contributed by atoms with van der Waals surface area (Å²) < 4.78 is 34.6. The SMILES string of the molecule is CC(C)(C)[Si](OCc1cc(Cl)cc(COS(C)(=O)=O)c1)(c1ccccc1)c1ccccc1. The molecule has 0 amide bonds. The predicted octanol–water partition coefficient (Wildman–Crippen LogP) is 4.89. The molecule has 3 aromatic rings. The third kappa shape index (κ3) is 5.88. The largest absolute Gasteiger partial charge is 0.403 e. The van der Waals surface area contributed by atoms with Crippen molar-refractivity contribution in [3.05, 3.63) is 95.0 Å². The van der Waals surface area contributed by atoms with Gasteiger partial charge >= 0.3 is 0 Å². The van der Waals surface area contributed by atoms with Crippen LogP contribution in [0, 0.1) is 0 Å². The monoisotopic (exact) mass is 488 g/mol. The van der Waals surface area contributed by atoms with Crippen LogP contribution in [-0.4, -0.2) is 23.0 Å². The van der Waals surface area contributed by atoms with Crippen molar-refractivity contribution >= 4 is 40.4 Å². The Balaban J connectivity index is 2.01. The van der Waals surface area contributed by atoms with Crippen LogP contribution >= 0.6 is 11.6 Å². The maximum atomic E-state index is 11.4. The molecule has 32 heavy (non-hydrogen) atoms. The standard InChI is InChI=1S/C25H29ClO4SSi/c1-25(2,3)32(23-11-7-5-8-12-23,24-13-9-6-10-14-24)30-19-21-15-20(16-22(26)17-21)18-29-31(4,27)28/h5-17H,18-19H2,1-4H3. The van der Waals surface area contributed by atoms with Crippen LogP contribution in [0.5, 0.6) is 0 Å². The highest BCUT2D eigenvalue weighted by atomic mass is 35.5. The second-order valence-electron chi connectivity index (χ2n) is 8.89. The minimum atomic E-state index is -3.54. The van der Waals surface area contributed by atoms with Gasteiger partial charge in [-0.1, -0.05) is 99.1 Å². The van der Waals surface area contributed by atoms with E-state index in [1.54, 1.807) is 6.07 Å². The highest BCUT2D eigenvalue weighted by Gasteiger charge is 2.50. The molecule has 3 aromatic carbocycles. The smallest absolute Gasteiger partial charge is 0.264 e. The summed E-state index contributed by atoms with van der Waals surface area (Å²) in [5.41, 5.74) is 1.56. The Morgan fingerprint density at radius 2 is 1.28 bits per heavy atom. The maximum absolute atomic E-state index is 11.4. The van der Waals surface area contributed by atoms with Gasteiger partial charge in [0.25, 0.3) is 18.4 Å². The van der Waals surface area contributed by atoms with Gasteiger partial charge in [-0.2, -0.15) is 8.42 Å². The molecule has 0 aromatic heterocycles. The van der Waals surface area contributed by atoms with E-state index in [0.29, 0.717) is 17.2 Å². The van der Waals surface area contributed by atoms with Crippen molar-refractivity contribution in [1.82, 2.24) is 0 Å². The summed E-state index contributed by atoms with van der Waals surface area (Å²) in [5, 5.41) is 2.76. The van der Waals surface area contributed by atoms with E-state index in [0.717, 1.165) is 11.8 Å². The van der Waals surface area contributed by atoms with Crippen LogP contribution in [0.1, 0.15) is 31.9 Å². The maximum Gasteiger partial charge on any atom is 0.264 e. The van der Waals surface area contributed by atoms with Gasteiger partial charge in [0.2, 0.25) is 0 Å². The molecular formula is C25H29ClO4SSi. The Hall–Kier alpha value is -1.96. The van der Waals surface area contributed by atoms with Crippen LogP contribution < -0.4 is 10.4 Å². The topological polar surface area (TPSA) is 52.6 Å². The average molecular weight is 489 g/mol. The number of benzene rings is 3. The molecule has 0 bridgehead atoms. The molecule has 170 valence electrons. The third-order valence-electron chi connectivity index (χ3n) is 5.33. The zero-order chi connectivity index (χ0) is 23.4. The van der Waals surface area contributed by atoms with Crippen molar-refractivity contribution in [2.24, 2.45) is 0 Å². The van der Waals surface area contributed by atoms with Crippen LogP contribution in [0.4, 0.5) is 0 Å². The molecule has 0 saturated heterocycles. The number of rotatable bonds is 8. The summed E-state index contributed by atoms with van der Waals surface area (Å²) in [7, 11) is -6.23. The fourth-order valence-corrected chi connectivity index (χ4v) is 9.18. The molecule has 0 unspecified atom stereocenters. The van der Waals surface area contributed by atoms with E-state index in [1.807, 2.05) is 24.3 Å². The second-order valence-corrected chi connectivity index (χ2v) is 15.3. The highest BCUT2D eigenvalue weighted by Crippen LogP contribution is 2.37. The lowest BCUT2D eigenvalue weighted by Crippen LogP contribution is -2.66. The Kier molecular flexibility index (Phi) is 7.63. The van der Waals surface area contributed by atoms with E-state index in [1.165, 1.54) is 10.4 Å². The predicted molar refractivity (Wildman–Crippen MR) is 133 cm³/mol. The zero-order valence-corrected chi connectivity index (χ0v) is 21.4. The molecule has 0 fully saturated rings. The van der Waals surface area contributed by atoms with Crippen molar-refractivity contribution in [3.63, 3.8) is 0 Å². The number of hydrogen-bond acceptors (Lipinski definition) is 4. The summed E-state index contributed by atoms with van der Waals surface area (Å²) in [4.78, 5) is 0. The number of halogens is 1. The summed E-state index contributed by atoms with van der Waals surface area (Å²) in [6, 6.07) is 26.3. The number of hydrogen-bond donors (Lipinski definition) is 0. The Morgan fingerprint density at radius 1 is 0.812 bits per heavy atom. The highest BCUT2D eigenvalue weighted by molar-refractivity contribution is 7.85. The molecule has 0 aliphatic heterocycles. The minimum absolute atomic E-state index is 0.0639. The van der Waals surface area contributed by atoms with E-state index in [9.17, 15) is 8.42 Å². The first kappa shape index (κ1) is 24.7. The van der Waals surface area contributed by atoms with Crippen molar-refractivity contribution in [2.45, 2.75) is 39.0 Å². The van der Waals surface area contributed by atoms with Crippen LogP contribution in [-0.2, 0) is 31.9 Å².